The van der Waals surface area contributed by atoms with Gasteiger partial charge in [-0.1, -0.05) is 19.0 Å². The fraction of sp³-hybridized carbons (Fsp3) is 0.650. The zero-order chi connectivity index (χ0) is 25.8. The lowest BCUT2D eigenvalue weighted by Gasteiger charge is -2.18. The van der Waals surface area contributed by atoms with E-state index in [-0.39, 0.29) is 30.1 Å². The van der Waals surface area contributed by atoms with Crippen LogP contribution in [0.25, 0.3) is 0 Å². The minimum Gasteiger partial charge on any atom is -0.462 e. The standard InChI is InChI=1S/C20H28N6O8S/c1-10(2)8-31-16(29)20(6-7-20)34-24-12(15(28)21-11-9-32-25-14(11)27)13-22-17(35-26-13)23-18(30)33-19(3,4)5/h10-11H,6-9H2,1-5H3,(H,21,28)(H,25,27)(H,22,23,26,30)/b24-12-/t11-/m0/s1. The van der Waals surface area contributed by atoms with Gasteiger partial charge in [-0.2, -0.15) is 9.36 Å². The monoisotopic (exact) mass is 512 g/mol. The number of carbonyl (C=O) groups excluding carboxylic acids is 4. The summed E-state index contributed by atoms with van der Waals surface area (Å²) in [6.07, 6.45) is -0.0436. The Morgan fingerprint density at radius 1 is 1.31 bits per heavy atom. The number of rotatable bonds is 9. The van der Waals surface area contributed by atoms with E-state index in [9.17, 15) is 19.2 Å². The van der Waals surface area contributed by atoms with Crippen molar-refractivity contribution in [2.75, 3.05) is 18.5 Å². The molecule has 2 fully saturated rings. The SMILES string of the molecule is CC(C)COC(=O)C1(O/N=C(\C(=O)N[C@H]2CONC2=O)c2nsc(NC(=O)OC(C)(C)C)n2)CC1. The number of hydrogen-bond donors (Lipinski definition) is 3. The molecular formula is C20H28N6O8S. The lowest BCUT2D eigenvalue weighted by Crippen LogP contribution is -2.45. The molecule has 3 amide bonds. The highest BCUT2D eigenvalue weighted by Crippen LogP contribution is 2.41. The number of anilines is 1. The number of ether oxygens (including phenoxy) is 2. The van der Waals surface area contributed by atoms with Gasteiger partial charge in [0, 0.05) is 24.4 Å². The first-order valence-electron chi connectivity index (χ1n) is 10.9. The maximum atomic E-state index is 12.9. The molecule has 0 bridgehead atoms. The van der Waals surface area contributed by atoms with Crippen molar-refractivity contribution in [2.45, 2.75) is 64.7 Å². The van der Waals surface area contributed by atoms with Crippen LogP contribution in [0, 0.1) is 5.92 Å². The van der Waals surface area contributed by atoms with Crippen LogP contribution >= 0.6 is 11.5 Å². The van der Waals surface area contributed by atoms with Gasteiger partial charge in [0.2, 0.25) is 22.3 Å². The first kappa shape index (κ1) is 26.3. The zero-order valence-corrected chi connectivity index (χ0v) is 20.8. The van der Waals surface area contributed by atoms with E-state index >= 15 is 0 Å². The van der Waals surface area contributed by atoms with Gasteiger partial charge in [-0.25, -0.2) is 15.1 Å². The Bertz CT molecular complexity index is 1010. The van der Waals surface area contributed by atoms with E-state index in [1.54, 1.807) is 20.8 Å². The van der Waals surface area contributed by atoms with Crippen LogP contribution in [0.1, 0.15) is 53.3 Å². The van der Waals surface area contributed by atoms with E-state index in [2.05, 4.69) is 30.6 Å². The number of oxime groups is 1. The molecule has 1 saturated heterocycles. The van der Waals surface area contributed by atoms with Crippen LogP contribution in [0.2, 0.25) is 0 Å². The fourth-order valence-corrected chi connectivity index (χ4v) is 3.13. The summed E-state index contributed by atoms with van der Waals surface area (Å²) in [6, 6.07) is -0.975. The van der Waals surface area contributed by atoms with Crippen LogP contribution in [0.15, 0.2) is 5.16 Å². The third-order valence-corrected chi connectivity index (χ3v) is 5.07. The molecule has 3 rings (SSSR count). The Kier molecular flexibility index (Phi) is 7.90. The third kappa shape index (κ3) is 7.32. The molecule has 2 aliphatic rings. The first-order chi connectivity index (χ1) is 16.4. The molecular weight excluding hydrogens is 484 g/mol. The molecule has 0 radical (unpaired) electrons. The molecule has 3 N–H and O–H groups in total. The highest BCUT2D eigenvalue weighted by Gasteiger charge is 2.56. The molecule has 192 valence electrons. The van der Waals surface area contributed by atoms with Crippen molar-refractivity contribution < 1.29 is 38.3 Å². The van der Waals surface area contributed by atoms with Crippen LogP contribution in [0.5, 0.6) is 0 Å². The molecule has 14 nitrogen and oxygen atoms in total. The number of nitrogens with one attached hydrogen (secondary N) is 3. The highest BCUT2D eigenvalue weighted by atomic mass is 32.1. The second-order valence-corrected chi connectivity index (χ2v) is 10.1. The van der Waals surface area contributed by atoms with Crippen molar-refractivity contribution in [3.05, 3.63) is 5.82 Å². The predicted molar refractivity (Wildman–Crippen MR) is 121 cm³/mol. The van der Waals surface area contributed by atoms with E-state index in [1.807, 2.05) is 13.8 Å². The average molecular weight is 513 g/mol. The van der Waals surface area contributed by atoms with Gasteiger partial charge in [-0.05, 0) is 26.7 Å². The van der Waals surface area contributed by atoms with E-state index in [0.29, 0.717) is 12.8 Å². The Balaban J connectivity index is 1.78. The zero-order valence-electron chi connectivity index (χ0n) is 20.0. The van der Waals surface area contributed by atoms with Crippen molar-refractivity contribution in [1.82, 2.24) is 20.2 Å². The quantitative estimate of drug-likeness (QED) is 0.244. The summed E-state index contributed by atoms with van der Waals surface area (Å²) in [4.78, 5) is 63.5. The normalized spacial score (nSPS) is 19.1. The van der Waals surface area contributed by atoms with Gasteiger partial charge >= 0.3 is 12.1 Å². The average Bonchev–Trinajstić information content (AvgIpc) is 3.23. The minimum atomic E-state index is -1.30. The molecule has 35 heavy (non-hydrogen) atoms. The van der Waals surface area contributed by atoms with Gasteiger partial charge in [0.15, 0.2) is 0 Å². The van der Waals surface area contributed by atoms with Crippen molar-refractivity contribution in [3.8, 4) is 0 Å². The number of nitrogens with zero attached hydrogens (tertiary/aromatic N) is 3. The molecule has 0 spiro atoms. The van der Waals surface area contributed by atoms with Crippen LogP contribution in [-0.2, 0) is 33.5 Å². The van der Waals surface area contributed by atoms with Crippen molar-refractivity contribution >= 4 is 46.3 Å². The third-order valence-electron chi connectivity index (χ3n) is 4.44. The van der Waals surface area contributed by atoms with Gasteiger partial charge in [-0.15, -0.1) is 0 Å². The molecule has 0 aromatic carbocycles. The lowest BCUT2D eigenvalue weighted by molar-refractivity contribution is -0.161. The van der Waals surface area contributed by atoms with Gasteiger partial charge < -0.3 is 19.6 Å². The van der Waals surface area contributed by atoms with Crippen molar-refractivity contribution in [2.24, 2.45) is 11.1 Å². The minimum absolute atomic E-state index is 0.0363. The summed E-state index contributed by atoms with van der Waals surface area (Å²) in [7, 11) is 0. The smallest absolute Gasteiger partial charge is 0.414 e. The number of carbonyl (C=O) groups is 4. The van der Waals surface area contributed by atoms with Crippen LogP contribution in [-0.4, -0.2) is 69.4 Å². The van der Waals surface area contributed by atoms with E-state index in [4.69, 9.17) is 19.1 Å². The van der Waals surface area contributed by atoms with Gasteiger partial charge in [0.05, 0.1) is 6.61 Å². The summed E-state index contributed by atoms with van der Waals surface area (Å²) in [5.74, 6) is -2.04. The summed E-state index contributed by atoms with van der Waals surface area (Å²) < 4.78 is 14.5. The number of amides is 3. The summed E-state index contributed by atoms with van der Waals surface area (Å²) in [5.41, 5.74) is -0.311. The molecule has 0 unspecified atom stereocenters. The Morgan fingerprint density at radius 3 is 2.60 bits per heavy atom. The van der Waals surface area contributed by atoms with Crippen LogP contribution < -0.4 is 16.1 Å². The summed E-state index contributed by atoms with van der Waals surface area (Å²) in [6.45, 7) is 9.02. The summed E-state index contributed by atoms with van der Waals surface area (Å²) >= 11 is 0.774. The van der Waals surface area contributed by atoms with E-state index in [1.165, 1.54) is 0 Å². The summed E-state index contributed by atoms with van der Waals surface area (Å²) in [5, 5.41) is 8.77. The van der Waals surface area contributed by atoms with Gasteiger partial charge in [0.25, 0.3) is 11.8 Å². The molecule has 2 heterocycles. The van der Waals surface area contributed by atoms with Crippen molar-refractivity contribution in [1.29, 1.82) is 0 Å². The van der Waals surface area contributed by atoms with Crippen LogP contribution in [0.4, 0.5) is 9.93 Å². The number of aromatic nitrogens is 2. The number of hydrogen-bond acceptors (Lipinski definition) is 12. The van der Waals surface area contributed by atoms with Crippen LogP contribution in [0.3, 0.4) is 0 Å². The topological polar surface area (TPSA) is 179 Å². The fourth-order valence-electron chi connectivity index (χ4n) is 2.58. The molecule has 15 heteroatoms. The second kappa shape index (κ2) is 10.5. The van der Waals surface area contributed by atoms with E-state index in [0.717, 1.165) is 11.5 Å². The number of hydroxylamine groups is 1. The number of esters is 1. The first-order valence-corrected chi connectivity index (χ1v) is 11.7. The van der Waals surface area contributed by atoms with Crippen molar-refractivity contribution in [3.63, 3.8) is 0 Å². The lowest BCUT2D eigenvalue weighted by atomic mass is 10.2. The highest BCUT2D eigenvalue weighted by molar-refractivity contribution is 7.10. The van der Waals surface area contributed by atoms with Gasteiger partial charge in [0.1, 0.15) is 18.2 Å². The molecule has 1 saturated carbocycles. The Morgan fingerprint density at radius 2 is 2.03 bits per heavy atom. The molecule has 1 atom stereocenters. The molecule has 1 aromatic heterocycles. The Labute approximate surface area is 205 Å². The molecule has 1 aliphatic carbocycles. The van der Waals surface area contributed by atoms with E-state index < -0.39 is 46.8 Å². The molecule has 1 aromatic rings. The maximum absolute atomic E-state index is 12.9. The van der Waals surface area contributed by atoms with Gasteiger partial charge in [-0.3, -0.25) is 19.7 Å². The predicted octanol–water partition coefficient (Wildman–Crippen LogP) is 0.884. The second-order valence-electron chi connectivity index (χ2n) is 9.37. The largest absolute Gasteiger partial charge is 0.462 e. The maximum Gasteiger partial charge on any atom is 0.414 e. The molecule has 1 aliphatic heterocycles. The Hall–Kier alpha value is -3.33.